The van der Waals surface area contributed by atoms with E-state index in [1.807, 2.05) is 0 Å². The minimum atomic E-state index is -3.72. The summed E-state index contributed by atoms with van der Waals surface area (Å²) in [6.07, 6.45) is 0. The minimum Gasteiger partial charge on any atom is -0.452 e. The SMILES string of the molecule is CCN(CC)S(=O)(=O)c1cccc(NC(=O)COC(=O)c2c(F)cccc2F)c1. The summed E-state index contributed by atoms with van der Waals surface area (Å²) in [7, 11) is -3.72. The maximum absolute atomic E-state index is 13.5. The summed E-state index contributed by atoms with van der Waals surface area (Å²) in [4.78, 5) is 23.8. The fourth-order valence-electron chi connectivity index (χ4n) is 2.54. The Morgan fingerprint density at radius 1 is 1.03 bits per heavy atom. The lowest BCUT2D eigenvalue weighted by Gasteiger charge is -2.18. The molecule has 0 bridgehead atoms. The van der Waals surface area contributed by atoms with Gasteiger partial charge >= 0.3 is 5.97 Å². The van der Waals surface area contributed by atoms with Crippen molar-refractivity contribution in [2.24, 2.45) is 0 Å². The molecule has 0 aliphatic heterocycles. The van der Waals surface area contributed by atoms with Gasteiger partial charge in [0.1, 0.15) is 17.2 Å². The highest BCUT2D eigenvalue weighted by Crippen LogP contribution is 2.19. The zero-order chi connectivity index (χ0) is 21.6. The number of nitrogens with zero attached hydrogens (tertiary/aromatic N) is 1. The zero-order valence-electron chi connectivity index (χ0n) is 15.8. The molecule has 0 aromatic heterocycles. The molecule has 0 saturated heterocycles. The molecule has 2 aromatic carbocycles. The summed E-state index contributed by atoms with van der Waals surface area (Å²) < 4.78 is 58.1. The van der Waals surface area contributed by atoms with Crippen molar-refractivity contribution in [1.29, 1.82) is 0 Å². The number of carbonyl (C=O) groups excluding carboxylic acids is 2. The van der Waals surface area contributed by atoms with Crippen molar-refractivity contribution >= 4 is 27.6 Å². The second kappa shape index (κ2) is 9.57. The Morgan fingerprint density at radius 2 is 1.62 bits per heavy atom. The molecule has 156 valence electrons. The van der Waals surface area contributed by atoms with E-state index in [1.54, 1.807) is 13.8 Å². The molecule has 0 saturated carbocycles. The molecule has 1 N–H and O–H groups in total. The fourth-order valence-corrected chi connectivity index (χ4v) is 4.04. The normalized spacial score (nSPS) is 11.3. The molecule has 0 spiro atoms. The van der Waals surface area contributed by atoms with Crippen LogP contribution in [0.5, 0.6) is 0 Å². The van der Waals surface area contributed by atoms with Crippen molar-refractivity contribution in [2.45, 2.75) is 18.7 Å². The van der Waals surface area contributed by atoms with Crippen molar-refractivity contribution in [3.05, 3.63) is 59.7 Å². The van der Waals surface area contributed by atoms with E-state index in [0.717, 1.165) is 18.2 Å². The molecule has 1 amide bonds. The molecular weight excluding hydrogens is 406 g/mol. The third-order valence-corrected chi connectivity index (χ3v) is 6.01. The highest BCUT2D eigenvalue weighted by molar-refractivity contribution is 7.89. The Morgan fingerprint density at radius 3 is 2.21 bits per heavy atom. The number of benzene rings is 2. The molecule has 0 heterocycles. The summed E-state index contributed by atoms with van der Waals surface area (Å²) in [5.41, 5.74) is -0.732. The second-order valence-electron chi connectivity index (χ2n) is 5.84. The predicted octanol–water partition coefficient (Wildman–Crippen LogP) is 2.79. The number of rotatable bonds is 8. The monoisotopic (exact) mass is 426 g/mol. The van der Waals surface area contributed by atoms with Crippen molar-refractivity contribution in [2.75, 3.05) is 25.0 Å². The maximum atomic E-state index is 13.5. The van der Waals surface area contributed by atoms with E-state index in [1.165, 1.54) is 28.6 Å². The summed E-state index contributed by atoms with van der Waals surface area (Å²) in [6.45, 7) is 3.19. The third-order valence-electron chi connectivity index (χ3n) is 3.96. The van der Waals surface area contributed by atoms with E-state index in [4.69, 9.17) is 0 Å². The van der Waals surface area contributed by atoms with Crippen molar-refractivity contribution < 1.29 is 31.5 Å². The topological polar surface area (TPSA) is 92.8 Å². The van der Waals surface area contributed by atoms with E-state index in [9.17, 15) is 26.8 Å². The molecule has 2 rings (SSSR count). The number of halogens is 2. The predicted molar refractivity (Wildman–Crippen MR) is 102 cm³/mol. The molecule has 0 fully saturated rings. The van der Waals surface area contributed by atoms with Crippen LogP contribution in [0.25, 0.3) is 0 Å². The highest BCUT2D eigenvalue weighted by atomic mass is 32.2. The van der Waals surface area contributed by atoms with Crippen LogP contribution in [-0.2, 0) is 19.6 Å². The van der Waals surface area contributed by atoms with Gasteiger partial charge in [-0.2, -0.15) is 4.31 Å². The Hall–Kier alpha value is -2.85. The molecule has 0 aliphatic rings. The van der Waals surface area contributed by atoms with Crippen LogP contribution in [0, 0.1) is 11.6 Å². The molecule has 0 radical (unpaired) electrons. The Bertz CT molecular complexity index is 987. The second-order valence-corrected chi connectivity index (χ2v) is 7.78. The first kappa shape index (κ1) is 22.4. The number of hydrogen-bond acceptors (Lipinski definition) is 5. The van der Waals surface area contributed by atoms with E-state index in [0.29, 0.717) is 0 Å². The number of carbonyl (C=O) groups is 2. The smallest absolute Gasteiger partial charge is 0.344 e. The van der Waals surface area contributed by atoms with Gasteiger partial charge in [-0.25, -0.2) is 22.0 Å². The average Bonchev–Trinajstić information content (AvgIpc) is 2.67. The molecule has 0 unspecified atom stereocenters. The van der Waals surface area contributed by atoms with Crippen LogP contribution in [0.1, 0.15) is 24.2 Å². The molecule has 2 aromatic rings. The Labute approximate surface area is 167 Å². The number of hydrogen-bond donors (Lipinski definition) is 1. The van der Waals surface area contributed by atoms with Gasteiger partial charge < -0.3 is 10.1 Å². The van der Waals surface area contributed by atoms with Crippen LogP contribution < -0.4 is 5.32 Å². The first-order valence-corrected chi connectivity index (χ1v) is 10.2. The van der Waals surface area contributed by atoms with Crippen molar-refractivity contribution in [3.63, 3.8) is 0 Å². The fraction of sp³-hybridized carbons (Fsp3) is 0.263. The third kappa shape index (κ3) is 5.36. The van der Waals surface area contributed by atoms with Gasteiger partial charge in [-0.1, -0.05) is 26.0 Å². The van der Waals surface area contributed by atoms with Crippen LogP contribution in [0.15, 0.2) is 47.4 Å². The highest BCUT2D eigenvalue weighted by Gasteiger charge is 2.22. The van der Waals surface area contributed by atoms with Gasteiger partial charge in [0.2, 0.25) is 10.0 Å². The van der Waals surface area contributed by atoms with E-state index in [2.05, 4.69) is 10.1 Å². The first-order chi connectivity index (χ1) is 13.7. The van der Waals surface area contributed by atoms with Crippen LogP contribution in [0.2, 0.25) is 0 Å². The Balaban J connectivity index is 2.06. The molecule has 0 aliphatic carbocycles. The lowest BCUT2D eigenvalue weighted by molar-refractivity contribution is -0.119. The molecule has 29 heavy (non-hydrogen) atoms. The number of nitrogens with one attached hydrogen (secondary N) is 1. The maximum Gasteiger partial charge on any atom is 0.344 e. The largest absolute Gasteiger partial charge is 0.452 e. The number of esters is 1. The van der Waals surface area contributed by atoms with Crippen molar-refractivity contribution in [1.82, 2.24) is 4.31 Å². The van der Waals surface area contributed by atoms with Gasteiger partial charge in [0.05, 0.1) is 4.90 Å². The van der Waals surface area contributed by atoms with Crippen molar-refractivity contribution in [3.8, 4) is 0 Å². The summed E-state index contributed by atoms with van der Waals surface area (Å²) in [5.74, 6) is -4.34. The number of sulfonamides is 1. The quantitative estimate of drug-likeness (QED) is 0.656. The van der Waals surface area contributed by atoms with Gasteiger partial charge in [0, 0.05) is 18.8 Å². The average molecular weight is 426 g/mol. The van der Waals surface area contributed by atoms with Crippen LogP contribution in [-0.4, -0.2) is 44.3 Å². The number of ether oxygens (including phenoxy) is 1. The molecule has 10 heteroatoms. The van der Waals surface area contributed by atoms with Gasteiger partial charge in [0.25, 0.3) is 5.91 Å². The van der Waals surface area contributed by atoms with Gasteiger partial charge in [-0.3, -0.25) is 4.79 Å². The number of anilines is 1. The van der Waals surface area contributed by atoms with E-state index >= 15 is 0 Å². The Kier molecular flexibility index (Phi) is 7.40. The van der Waals surface area contributed by atoms with Crippen LogP contribution >= 0.6 is 0 Å². The summed E-state index contributed by atoms with van der Waals surface area (Å²) >= 11 is 0. The van der Waals surface area contributed by atoms with Crippen LogP contribution in [0.3, 0.4) is 0 Å². The summed E-state index contributed by atoms with van der Waals surface area (Å²) in [5, 5.41) is 2.38. The van der Waals surface area contributed by atoms with Gasteiger partial charge in [-0.05, 0) is 30.3 Å². The molecule has 7 nitrogen and oxygen atoms in total. The van der Waals surface area contributed by atoms with E-state index in [-0.39, 0.29) is 23.7 Å². The van der Waals surface area contributed by atoms with E-state index < -0.39 is 45.7 Å². The zero-order valence-corrected chi connectivity index (χ0v) is 16.6. The first-order valence-electron chi connectivity index (χ1n) is 8.71. The standard InChI is InChI=1S/C19H20F2N2O5S/c1-3-23(4-2)29(26,27)14-8-5-7-13(11-14)22-17(24)12-28-19(25)18-15(20)9-6-10-16(18)21/h5-11H,3-4,12H2,1-2H3,(H,22,24). The lowest BCUT2D eigenvalue weighted by atomic mass is 10.2. The molecular formula is C19H20F2N2O5S. The summed E-state index contributed by atoms with van der Waals surface area (Å²) in [6, 6.07) is 8.44. The van der Waals surface area contributed by atoms with Crippen LogP contribution in [0.4, 0.5) is 14.5 Å². The molecule has 0 atom stereocenters. The lowest BCUT2D eigenvalue weighted by Crippen LogP contribution is -2.30. The minimum absolute atomic E-state index is 0.00979. The van der Waals surface area contributed by atoms with Gasteiger partial charge in [0.15, 0.2) is 6.61 Å². The number of amides is 1. The van der Waals surface area contributed by atoms with Gasteiger partial charge in [-0.15, -0.1) is 0 Å².